The van der Waals surface area contributed by atoms with Crippen LogP contribution in [0.25, 0.3) is 0 Å². The lowest BCUT2D eigenvalue weighted by Crippen LogP contribution is -2.31. The Kier molecular flexibility index (Phi) is 6.21. The zero-order chi connectivity index (χ0) is 18.7. The molecule has 0 aromatic heterocycles. The molecule has 2 aromatic carbocycles. The van der Waals surface area contributed by atoms with Crippen molar-refractivity contribution in [3.8, 4) is 11.5 Å². The summed E-state index contributed by atoms with van der Waals surface area (Å²) in [4.78, 5) is 14.6. The van der Waals surface area contributed by atoms with Crippen LogP contribution in [0.5, 0.6) is 11.5 Å². The van der Waals surface area contributed by atoms with Crippen molar-refractivity contribution in [1.82, 2.24) is 4.90 Å². The molecule has 1 amide bonds. The van der Waals surface area contributed by atoms with E-state index in [2.05, 4.69) is 15.9 Å². The Bertz CT molecular complexity index is 826. The van der Waals surface area contributed by atoms with Gasteiger partial charge in [0.05, 0.1) is 26.0 Å². The van der Waals surface area contributed by atoms with Gasteiger partial charge in [-0.1, -0.05) is 52.0 Å². The molecule has 0 radical (unpaired) electrons. The summed E-state index contributed by atoms with van der Waals surface area (Å²) in [6.07, 6.45) is 0.575. The van der Waals surface area contributed by atoms with Crippen LogP contribution >= 0.6 is 39.9 Å². The maximum atomic E-state index is 12.9. The van der Waals surface area contributed by atoms with Crippen LogP contribution in [0, 0.1) is 0 Å². The highest BCUT2D eigenvalue weighted by Crippen LogP contribution is 2.34. The first-order chi connectivity index (χ1) is 12.5. The number of nitrogens with zero attached hydrogens (tertiary/aromatic N) is 1. The number of carbonyl (C=O) groups is 1. The summed E-state index contributed by atoms with van der Waals surface area (Å²) < 4.78 is 12.2. The summed E-state index contributed by atoms with van der Waals surface area (Å²) in [5.41, 5.74) is 2.00. The number of thiocarbonyl (C=S) groups is 1. The average molecular weight is 452 g/mol. The minimum atomic E-state index is -0.232. The molecule has 1 heterocycles. The Hall–Kier alpha value is -1.57. The van der Waals surface area contributed by atoms with Gasteiger partial charge in [-0.3, -0.25) is 9.69 Å². The van der Waals surface area contributed by atoms with E-state index >= 15 is 0 Å². The van der Waals surface area contributed by atoms with Gasteiger partial charge in [0.15, 0.2) is 0 Å². The van der Waals surface area contributed by atoms with E-state index in [4.69, 9.17) is 21.7 Å². The van der Waals surface area contributed by atoms with Gasteiger partial charge in [0.25, 0.3) is 0 Å². The van der Waals surface area contributed by atoms with E-state index in [0.29, 0.717) is 17.3 Å². The fourth-order valence-electron chi connectivity index (χ4n) is 2.79. The molecule has 0 bridgehead atoms. The Labute approximate surface area is 171 Å². The first-order valence-electron chi connectivity index (χ1n) is 7.99. The van der Waals surface area contributed by atoms with Crippen LogP contribution in [0.1, 0.15) is 11.1 Å². The second-order valence-corrected chi connectivity index (χ2v) is 8.56. The van der Waals surface area contributed by atoms with Gasteiger partial charge in [0.1, 0.15) is 15.8 Å². The van der Waals surface area contributed by atoms with Gasteiger partial charge in [0, 0.05) is 4.47 Å². The number of methoxy groups -OCH3 is 2. The number of amides is 1. The van der Waals surface area contributed by atoms with Crippen molar-refractivity contribution in [2.45, 2.75) is 18.2 Å². The zero-order valence-corrected chi connectivity index (χ0v) is 17.6. The Morgan fingerprint density at radius 3 is 2.54 bits per heavy atom. The average Bonchev–Trinajstić information content (AvgIpc) is 2.90. The molecule has 1 fully saturated rings. The second kappa shape index (κ2) is 8.41. The molecular weight excluding hydrogens is 434 g/mol. The molecule has 1 saturated heterocycles. The number of carbonyl (C=O) groups excluding carboxylic acids is 1. The zero-order valence-electron chi connectivity index (χ0n) is 14.4. The van der Waals surface area contributed by atoms with Gasteiger partial charge in [-0.25, -0.2) is 0 Å². The minimum absolute atomic E-state index is 0.0397. The SMILES string of the molecule is COc1ccc(CN2C(=O)[C@@H](Cc3cc(Br)ccc3OC)SC2=S)cc1. The van der Waals surface area contributed by atoms with Crippen molar-refractivity contribution in [3.63, 3.8) is 0 Å². The van der Waals surface area contributed by atoms with Crippen LogP contribution in [-0.2, 0) is 17.8 Å². The molecular formula is C19H18BrNO3S2. The van der Waals surface area contributed by atoms with Gasteiger partial charge in [-0.2, -0.15) is 0 Å². The minimum Gasteiger partial charge on any atom is -0.497 e. The predicted molar refractivity (Wildman–Crippen MR) is 112 cm³/mol. The standard InChI is InChI=1S/C19H18BrNO3S2/c1-23-15-6-3-12(4-7-15)11-21-18(22)17(26-19(21)25)10-13-9-14(20)5-8-16(13)24-2/h3-9,17H,10-11H2,1-2H3/t17-/m1/s1. The van der Waals surface area contributed by atoms with Gasteiger partial charge in [-0.05, 0) is 47.9 Å². The molecule has 136 valence electrons. The van der Waals surface area contributed by atoms with Crippen LogP contribution in [0.15, 0.2) is 46.9 Å². The lowest BCUT2D eigenvalue weighted by atomic mass is 10.1. The maximum absolute atomic E-state index is 12.9. The van der Waals surface area contributed by atoms with Gasteiger partial charge in [-0.15, -0.1) is 0 Å². The molecule has 1 aliphatic rings. The normalized spacial score (nSPS) is 16.9. The molecule has 26 heavy (non-hydrogen) atoms. The molecule has 0 aliphatic carbocycles. The number of hydrogen-bond acceptors (Lipinski definition) is 5. The summed E-state index contributed by atoms with van der Waals surface area (Å²) in [6.45, 7) is 0.473. The summed E-state index contributed by atoms with van der Waals surface area (Å²) in [5.74, 6) is 1.61. The quantitative estimate of drug-likeness (QED) is 0.607. The van der Waals surface area contributed by atoms with E-state index in [1.54, 1.807) is 19.1 Å². The third-order valence-electron chi connectivity index (χ3n) is 4.15. The van der Waals surface area contributed by atoms with Gasteiger partial charge >= 0.3 is 0 Å². The number of thioether (sulfide) groups is 1. The molecule has 0 N–H and O–H groups in total. The number of hydrogen-bond donors (Lipinski definition) is 0. The van der Waals surface area contributed by atoms with Crippen molar-refractivity contribution >= 4 is 50.1 Å². The lowest BCUT2D eigenvalue weighted by molar-refractivity contribution is -0.126. The van der Waals surface area contributed by atoms with E-state index in [1.165, 1.54) is 11.8 Å². The van der Waals surface area contributed by atoms with Gasteiger partial charge in [0.2, 0.25) is 5.91 Å². The summed E-state index contributed by atoms with van der Waals surface area (Å²) in [7, 11) is 3.27. The van der Waals surface area contributed by atoms with E-state index < -0.39 is 0 Å². The lowest BCUT2D eigenvalue weighted by Gasteiger charge is -2.16. The topological polar surface area (TPSA) is 38.8 Å². The number of halogens is 1. The first-order valence-corrected chi connectivity index (χ1v) is 10.1. The highest BCUT2D eigenvalue weighted by atomic mass is 79.9. The number of benzene rings is 2. The monoisotopic (exact) mass is 451 g/mol. The largest absolute Gasteiger partial charge is 0.497 e. The van der Waals surface area contributed by atoms with Crippen molar-refractivity contribution in [1.29, 1.82) is 0 Å². The van der Waals surface area contributed by atoms with Crippen LogP contribution in [0.3, 0.4) is 0 Å². The smallest absolute Gasteiger partial charge is 0.242 e. The van der Waals surface area contributed by atoms with Crippen molar-refractivity contribution < 1.29 is 14.3 Å². The number of ether oxygens (including phenoxy) is 2. The fraction of sp³-hybridized carbons (Fsp3) is 0.263. The molecule has 1 aliphatic heterocycles. The third kappa shape index (κ3) is 4.22. The molecule has 0 spiro atoms. The van der Waals surface area contributed by atoms with Crippen molar-refractivity contribution in [3.05, 3.63) is 58.1 Å². The summed E-state index contributed by atoms with van der Waals surface area (Å²) in [6, 6.07) is 13.5. The van der Waals surface area contributed by atoms with Crippen LogP contribution in [0.2, 0.25) is 0 Å². The Morgan fingerprint density at radius 2 is 1.88 bits per heavy atom. The predicted octanol–water partition coefficient (Wildman–Crippen LogP) is 4.44. The van der Waals surface area contributed by atoms with Crippen LogP contribution in [0.4, 0.5) is 0 Å². The Balaban J connectivity index is 1.73. The molecule has 4 nitrogen and oxygen atoms in total. The second-order valence-electron chi connectivity index (χ2n) is 5.81. The highest BCUT2D eigenvalue weighted by molar-refractivity contribution is 9.10. The third-order valence-corrected chi connectivity index (χ3v) is 6.23. The van der Waals surface area contributed by atoms with Crippen molar-refractivity contribution in [2.24, 2.45) is 0 Å². The van der Waals surface area contributed by atoms with Crippen molar-refractivity contribution in [2.75, 3.05) is 14.2 Å². The van der Waals surface area contributed by atoms with E-state index in [0.717, 1.165) is 27.1 Å². The molecule has 7 heteroatoms. The maximum Gasteiger partial charge on any atom is 0.242 e. The van der Waals surface area contributed by atoms with Crippen LogP contribution < -0.4 is 9.47 Å². The summed E-state index contributed by atoms with van der Waals surface area (Å²) in [5, 5.41) is -0.232. The van der Waals surface area contributed by atoms with E-state index in [-0.39, 0.29) is 11.2 Å². The molecule has 0 saturated carbocycles. The molecule has 3 rings (SSSR count). The van der Waals surface area contributed by atoms with Crippen LogP contribution in [-0.4, -0.2) is 34.6 Å². The molecule has 0 unspecified atom stereocenters. The van der Waals surface area contributed by atoms with E-state index in [9.17, 15) is 4.79 Å². The molecule has 1 atom stereocenters. The molecule has 2 aromatic rings. The summed E-state index contributed by atoms with van der Waals surface area (Å²) >= 11 is 10.4. The van der Waals surface area contributed by atoms with E-state index in [1.807, 2.05) is 42.5 Å². The van der Waals surface area contributed by atoms with Gasteiger partial charge < -0.3 is 9.47 Å². The fourth-order valence-corrected chi connectivity index (χ4v) is 4.72. The Morgan fingerprint density at radius 1 is 1.15 bits per heavy atom. The highest BCUT2D eigenvalue weighted by Gasteiger charge is 2.37. The first kappa shape index (κ1) is 19.2. The number of rotatable bonds is 6.